The fourth-order valence-electron chi connectivity index (χ4n) is 2.44. The summed E-state index contributed by atoms with van der Waals surface area (Å²) in [6, 6.07) is 1.16. The molecule has 6 heteroatoms. The Labute approximate surface area is 116 Å². The number of nitrogens with one attached hydrogen (secondary N) is 1. The summed E-state index contributed by atoms with van der Waals surface area (Å²) in [6.07, 6.45) is 3.43. The van der Waals surface area contributed by atoms with E-state index in [0.717, 1.165) is 25.3 Å². The molecular weight excluding hydrogens is 266 g/mol. The van der Waals surface area contributed by atoms with E-state index in [9.17, 15) is 18.7 Å². The van der Waals surface area contributed by atoms with E-state index in [2.05, 4.69) is 5.32 Å². The van der Waals surface area contributed by atoms with E-state index in [1.807, 2.05) is 0 Å². The zero-order valence-corrected chi connectivity index (χ0v) is 11.0. The number of nitrogens with two attached hydrogens (primary N) is 1. The maximum Gasteiger partial charge on any atom is 0.254 e. The molecule has 1 amide bonds. The maximum absolute atomic E-state index is 13.6. The first-order chi connectivity index (χ1) is 9.49. The second-order valence-corrected chi connectivity index (χ2v) is 5.14. The van der Waals surface area contributed by atoms with Crippen molar-refractivity contribution in [3.63, 3.8) is 0 Å². The number of aliphatic hydroxyl groups excluding tert-OH is 1. The number of hydrogen-bond acceptors (Lipinski definition) is 3. The van der Waals surface area contributed by atoms with Gasteiger partial charge < -0.3 is 16.2 Å². The molecule has 1 fully saturated rings. The summed E-state index contributed by atoms with van der Waals surface area (Å²) in [4.78, 5) is 12.0. The fraction of sp³-hybridized carbons (Fsp3) is 0.500. The van der Waals surface area contributed by atoms with Gasteiger partial charge in [0, 0.05) is 6.07 Å². The molecule has 1 aliphatic carbocycles. The third-order valence-corrected chi connectivity index (χ3v) is 3.63. The maximum atomic E-state index is 13.6. The average Bonchev–Trinajstić information content (AvgIpc) is 2.59. The smallest absolute Gasteiger partial charge is 0.254 e. The van der Waals surface area contributed by atoms with E-state index in [-0.39, 0.29) is 11.3 Å². The molecule has 0 bridgehead atoms. The highest BCUT2D eigenvalue weighted by atomic mass is 19.1. The Bertz CT molecular complexity index is 508. The number of nitrogen functional groups attached to an aromatic ring is 1. The van der Waals surface area contributed by atoms with Gasteiger partial charge in [0.25, 0.3) is 5.91 Å². The van der Waals surface area contributed by atoms with Crippen molar-refractivity contribution in [2.24, 2.45) is 0 Å². The number of aliphatic hydroxyl groups is 1. The molecule has 2 atom stereocenters. The topological polar surface area (TPSA) is 75.4 Å². The van der Waals surface area contributed by atoms with Gasteiger partial charge in [-0.25, -0.2) is 8.78 Å². The van der Waals surface area contributed by atoms with Gasteiger partial charge in [0.15, 0.2) is 0 Å². The molecule has 0 aliphatic heterocycles. The van der Waals surface area contributed by atoms with Crippen LogP contribution in [0.1, 0.15) is 42.5 Å². The molecule has 1 saturated carbocycles. The summed E-state index contributed by atoms with van der Waals surface area (Å²) in [6.45, 7) is 0. The number of rotatable bonds is 2. The molecule has 0 radical (unpaired) electrons. The number of hydrogen-bond donors (Lipinski definition) is 3. The van der Waals surface area contributed by atoms with E-state index < -0.39 is 29.7 Å². The van der Waals surface area contributed by atoms with Gasteiger partial charge in [0.05, 0.1) is 23.4 Å². The zero-order valence-electron chi connectivity index (χ0n) is 11.0. The van der Waals surface area contributed by atoms with Crippen LogP contribution >= 0.6 is 0 Å². The molecular formula is C14H18F2N2O2. The standard InChI is InChI=1S/C14H18F2N2O2/c15-9-7-10(16)11(17)6-8(9)14(20)18-12-4-2-1-3-5-13(12)19/h6-7,12-13,19H,1-5,17H2,(H,18,20). The first-order valence-corrected chi connectivity index (χ1v) is 6.72. The molecule has 2 unspecified atom stereocenters. The van der Waals surface area contributed by atoms with E-state index in [0.29, 0.717) is 18.9 Å². The van der Waals surface area contributed by atoms with E-state index in [1.165, 1.54) is 0 Å². The van der Waals surface area contributed by atoms with Crippen molar-refractivity contribution in [1.29, 1.82) is 0 Å². The highest BCUT2D eigenvalue weighted by Crippen LogP contribution is 2.20. The monoisotopic (exact) mass is 284 g/mol. The lowest BCUT2D eigenvalue weighted by Gasteiger charge is -2.22. The Morgan fingerprint density at radius 1 is 1.20 bits per heavy atom. The zero-order chi connectivity index (χ0) is 14.7. The Balaban J connectivity index is 2.13. The largest absolute Gasteiger partial charge is 0.396 e. The van der Waals surface area contributed by atoms with Crippen LogP contribution in [-0.4, -0.2) is 23.2 Å². The Kier molecular flexibility index (Phi) is 4.54. The van der Waals surface area contributed by atoms with E-state index >= 15 is 0 Å². The Morgan fingerprint density at radius 3 is 2.65 bits per heavy atom. The van der Waals surface area contributed by atoms with Gasteiger partial charge in [-0.15, -0.1) is 0 Å². The molecule has 20 heavy (non-hydrogen) atoms. The van der Waals surface area contributed by atoms with Crippen LogP contribution in [0.3, 0.4) is 0 Å². The van der Waals surface area contributed by atoms with Crippen molar-refractivity contribution in [2.45, 2.75) is 44.2 Å². The lowest BCUT2D eigenvalue weighted by Crippen LogP contribution is -2.43. The number of carbonyl (C=O) groups is 1. The third kappa shape index (κ3) is 3.25. The lowest BCUT2D eigenvalue weighted by molar-refractivity contribution is 0.0815. The second kappa shape index (κ2) is 6.17. The molecule has 0 aromatic heterocycles. The molecule has 4 nitrogen and oxygen atoms in total. The molecule has 0 heterocycles. The number of halogens is 2. The number of carbonyl (C=O) groups excluding carboxylic acids is 1. The van der Waals surface area contributed by atoms with Crippen molar-refractivity contribution >= 4 is 11.6 Å². The van der Waals surface area contributed by atoms with Gasteiger partial charge in [-0.05, 0) is 18.9 Å². The average molecular weight is 284 g/mol. The van der Waals surface area contributed by atoms with Crippen LogP contribution in [0.15, 0.2) is 12.1 Å². The molecule has 4 N–H and O–H groups in total. The van der Waals surface area contributed by atoms with Crippen LogP contribution in [0.2, 0.25) is 0 Å². The summed E-state index contributed by atoms with van der Waals surface area (Å²) in [5, 5.41) is 12.5. The quantitative estimate of drug-likeness (QED) is 0.574. The Hall–Kier alpha value is -1.69. The van der Waals surface area contributed by atoms with Gasteiger partial charge >= 0.3 is 0 Å². The molecule has 1 aliphatic rings. The predicted molar refractivity (Wildman–Crippen MR) is 71.1 cm³/mol. The van der Waals surface area contributed by atoms with Crippen LogP contribution < -0.4 is 11.1 Å². The minimum Gasteiger partial charge on any atom is -0.396 e. The van der Waals surface area contributed by atoms with E-state index in [4.69, 9.17) is 5.73 Å². The Morgan fingerprint density at radius 2 is 1.90 bits per heavy atom. The number of amides is 1. The minimum atomic E-state index is -0.961. The van der Waals surface area contributed by atoms with Gasteiger partial charge in [0.2, 0.25) is 0 Å². The van der Waals surface area contributed by atoms with Gasteiger partial charge in [-0.1, -0.05) is 19.3 Å². The molecule has 2 rings (SSSR count). The van der Waals surface area contributed by atoms with Gasteiger partial charge in [0.1, 0.15) is 11.6 Å². The highest BCUT2D eigenvalue weighted by molar-refractivity contribution is 5.95. The van der Waals surface area contributed by atoms with Crippen molar-refractivity contribution in [3.05, 3.63) is 29.3 Å². The summed E-state index contributed by atoms with van der Waals surface area (Å²) >= 11 is 0. The van der Waals surface area contributed by atoms with Crippen molar-refractivity contribution < 1.29 is 18.7 Å². The summed E-state index contributed by atoms with van der Waals surface area (Å²) < 4.78 is 26.7. The van der Waals surface area contributed by atoms with E-state index in [1.54, 1.807) is 0 Å². The van der Waals surface area contributed by atoms with Gasteiger partial charge in [-0.3, -0.25) is 4.79 Å². The number of benzene rings is 1. The van der Waals surface area contributed by atoms with Crippen molar-refractivity contribution in [1.82, 2.24) is 5.32 Å². The van der Waals surface area contributed by atoms with Crippen LogP contribution in [0.5, 0.6) is 0 Å². The predicted octanol–water partition coefficient (Wildman–Crippen LogP) is 1.97. The van der Waals surface area contributed by atoms with Crippen LogP contribution in [0.4, 0.5) is 14.5 Å². The summed E-state index contributed by atoms with van der Waals surface area (Å²) in [5.74, 6) is -2.54. The summed E-state index contributed by atoms with van der Waals surface area (Å²) in [5.41, 5.74) is 4.76. The highest BCUT2D eigenvalue weighted by Gasteiger charge is 2.25. The summed E-state index contributed by atoms with van der Waals surface area (Å²) in [7, 11) is 0. The molecule has 1 aromatic rings. The normalized spacial score (nSPS) is 23.1. The second-order valence-electron chi connectivity index (χ2n) is 5.14. The first-order valence-electron chi connectivity index (χ1n) is 6.72. The number of anilines is 1. The van der Waals surface area contributed by atoms with Crippen molar-refractivity contribution in [2.75, 3.05) is 5.73 Å². The molecule has 0 spiro atoms. The van der Waals surface area contributed by atoms with Crippen LogP contribution in [-0.2, 0) is 0 Å². The van der Waals surface area contributed by atoms with Crippen molar-refractivity contribution in [3.8, 4) is 0 Å². The van der Waals surface area contributed by atoms with Crippen LogP contribution in [0.25, 0.3) is 0 Å². The third-order valence-electron chi connectivity index (χ3n) is 3.63. The fourth-order valence-corrected chi connectivity index (χ4v) is 2.44. The molecule has 0 saturated heterocycles. The first kappa shape index (κ1) is 14.7. The molecule has 1 aromatic carbocycles. The molecule has 110 valence electrons. The van der Waals surface area contributed by atoms with Gasteiger partial charge in [-0.2, -0.15) is 0 Å². The SMILES string of the molecule is Nc1cc(C(=O)NC2CCCCCC2O)c(F)cc1F. The lowest BCUT2D eigenvalue weighted by atomic mass is 10.1. The van der Waals surface area contributed by atoms with Crippen LogP contribution in [0, 0.1) is 11.6 Å². The minimum absolute atomic E-state index is 0.280.